The number of rotatable bonds is 4. The van der Waals surface area contributed by atoms with Crippen LogP contribution in [0.15, 0.2) is 18.2 Å². The second kappa shape index (κ2) is 8.62. The van der Waals surface area contributed by atoms with Crippen LogP contribution >= 0.6 is 23.8 Å². The van der Waals surface area contributed by atoms with Crippen LogP contribution in [0.2, 0.25) is 5.02 Å². The third-order valence-corrected chi connectivity index (χ3v) is 5.76. The lowest BCUT2D eigenvalue weighted by atomic mass is 9.80. The van der Waals surface area contributed by atoms with Gasteiger partial charge in [-0.05, 0) is 43.3 Å². The fourth-order valence-corrected chi connectivity index (χ4v) is 4.22. The van der Waals surface area contributed by atoms with Crippen molar-refractivity contribution in [3.05, 3.63) is 29.0 Å². The van der Waals surface area contributed by atoms with Gasteiger partial charge in [0.2, 0.25) is 0 Å². The predicted octanol–water partition coefficient (Wildman–Crippen LogP) is 3.80. The van der Waals surface area contributed by atoms with Crippen LogP contribution in [-0.4, -0.2) is 48.4 Å². The minimum atomic E-state index is -0.431. The van der Waals surface area contributed by atoms with Crippen LogP contribution in [0.5, 0.6) is 0 Å². The SMILES string of the molecule is Fc1ccc(NC(=S)NCC2(N3CCOCC3)CCCCC2)cc1Cl. The van der Waals surface area contributed by atoms with Crippen molar-refractivity contribution >= 4 is 34.6 Å². The molecule has 0 radical (unpaired) electrons. The molecule has 0 unspecified atom stereocenters. The van der Waals surface area contributed by atoms with E-state index >= 15 is 0 Å². The van der Waals surface area contributed by atoms with E-state index in [0.29, 0.717) is 10.8 Å². The maximum Gasteiger partial charge on any atom is 0.170 e. The average molecular weight is 386 g/mol. The van der Waals surface area contributed by atoms with E-state index in [4.69, 9.17) is 28.6 Å². The number of benzene rings is 1. The molecule has 1 heterocycles. The average Bonchev–Trinajstić information content (AvgIpc) is 2.65. The number of ether oxygens (including phenoxy) is 1. The van der Waals surface area contributed by atoms with E-state index in [2.05, 4.69) is 15.5 Å². The zero-order valence-corrected chi connectivity index (χ0v) is 15.9. The summed E-state index contributed by atoms with van der Waals surface area (Å²) in [5, 5.41) is 7.10. The van der Waals surface area contributed by atoms with Crippen LogP contribution < -0.4 is 10.6 Å². The zero-order chi connectivity index (χ0) is 17.7. The molecule has 138 valence electrons. The monoisotopic (exact) mass is 385 g/mol. The van der Waals surface area contributed by atoms with Gasteiger partial charge in [-0.25, -0.2) is 4.39 Å². The van der Waals surface area contributed by atoms with Gasteiger partial charge in [0.1, 0.15) is 5.82 Å². The Bertz CT molecular complexity index is 604. The van der Waals surface area contributed by atoms with E-state index in [-0.39, 0.29) is 10.6 Å². The largest absolute Gasteiger partial charge is 0.379 e. The topological polar surface area (TPSA) is 36.5 Å². The van der Waals surface area contributed by atoms with Crippen molar-refractivity contribution in [1.29, 1.82) is 0 Å². The molecule has 0 bridgehead atoms. The standard InChI is InChI=1S/C18H25ClFN3OS/c19-15-12-14(4-5-16(15)20)22-17(25)21-13-18(6-2-1-3-7-18)23-8-10-24-11-9-23/h4-5,12H,1-3,6-11,13H2,(H2,21,22,25). The number of hydrogen-bond donors (Lipinski definition) is 2. The summed E-state index contributed by atoms with van der Waals surface area (Å²) in [6.07, 6.45) is 6.19. The molecule has 2 aliphatic rings. The van der Waals surface area contributed by atoms with Crippen molar-refractivity contribution in [2.24, 2.45) is 0 Å². The third-order valence-electron chi connectivity index (χ3n) is 5.22. The van der Waals surface area contributed by atoms with Crippen molar-refractivity contribution in [3.63, 3.8) is 0 Å². The van der Waals surface area contributed by atoms with Crippen LogP contribution in [0.3, 0.4) is 0 Å². The summed E-state index contributed by atoms with van der Waals surface area (Å²) < 4.78 is 18.8. The molecule has 0 amide bonds. The Hall–Kier alpha value is -0.950. The lowest BCUT2D eigenvalue weighted by Crippen LogP contribution is -2.60. The maximum absolute atomic E-state index is 13.3. The molecular formula is C18H25ClFN3OS. The highest BCUT2D eigenvalue weighted by Gasteiger charge is 2.38. The fraction of sp³-hybridized carbons (Fsp3) is 0.611. The van der Waals surface area contributed by atoms with Crippen LogP contribution in [-0.2, 0) is 4.74 Å². The highest BCUT2D eigenvalue weighted by molar-refractivity contribution is 7.80. The summed E-state index contributed by atoms with van der Waals surface area (Å²) in [4.78, 5) is 2.57. The number of anilines is 1. The molecule has 0 atom stereocenters. The Morgan fingerprint density at radius 2 is 1.96 bits per heavy atom. The summed E-state index contributed by atoms with van der Waals surface area (Å²) in [5.74, 6) is -0.431. The molecule has 1 aliphatic carbocycles. The smallest absolute Gasteiger partial charge is 0.170 e. The number of halogens is 2. The molecule has 7 heteroatoms. The van der Waals surface area contributed by atoms with Gasteiger partial charge in [0.25, 0.3) is 0 Å². The van der Waals surface area contributed by atoms with Gasteiger partial charge in [-0.1, -0.05) is 30.9 Å². The third kappa shape index (κ3) is 4.82. The van der Waals surface area contributed by atoms with Crippen molar-refractivity contribution in [2.45, 2.75) is 37.6 Å². The number of thiocarbonyl (C=S) groups is 1. The minimum absolute atomic E-state index is 0.0878. The van der Waals surface area contributed by atoms with Gasteiger partial charge in [0.05, 0.1) is 18.2 Å². The van der Waals surface area contributed by atoms with Gasteiger partial charge < -0.3 is 15.4 Å². The molecule has 4 nitrogen and oxygen atoms in total. The van der Waals surface area contributed by atoms with Crippen molar-refractivity contribution in [3.8, 4) is 0 Å². The van der Waals surface area contributed by atoms with Gasteiger partial charge in [0, 0.05) is 30.9 Å². The lowest BCUT2D eigenvalue weighted by molar-refractivity contribution is -0.0351. The van der Waals surface area contributed by atoms with Crippen LogP contribution in [0.1, 0.15) is 32.1 Å². The molecule has 25 heavy (non-hydrogen) atoms. The summed E-state index contributed by atoms with van der Waals surface area (Å²) in [7, 11) is 0. The van der Waals surface area contributed by atoms with Crippen LogP contribution in [0.4, 0.5) is 10.1 Å². The fourth-order valence-electron chi connectivity index (χ4n) is 3.85. The van der Waals surface area contributed by atoms with Crippen LogP contribution in [0.25, 0.3) is 0 Å². The molecule has 1 aromatic carbocycles. The second-order valence-corrected chi connectivity index (χ2v) is 7.64. The van der Waals surface area contributed by atoms with E-state index in [1.165, 1.54) is 38.2 Å². The first-order valence-corrected chi connectivity index (χ1v) is 9.70. The molecule has 2 N–H and O–H groups in total. The quantitative estimate of drug-likeness (QED) is 0.771. The van der Waals surface area contributed by atoms with Gasteiger partial charge in [-0.15, -0.1) is 0 Å². The molecule has 3 rings (SSSR count). The number of nitrogens with zero attached hydrogens (tertiary/aromatic N) is 1. The molecule has 1 saturated carbocycles. The van der Waals surface area contributed by atoms with E-state index < -0.39 is 5.82 Å². The summed E-state index contributed by atoms with van der Waals surface area (Å²) in [5.41, 5.74) is 0.835. The van der Waals surface area contributed by atoms with Crippen molar-refractivity contribution in [1.82, 2.24) is 10.2 Å². The van der Waals surface area contributed by atoms with E-state index in [9.17, 15) is 4.39 Å². The first-order valence-electron chi connectivity index (χ1n) is 8.92. The number of morpholine rings is 1. The Kier molecular flexibility index (Phi) is 6.49. The lowest BCUT2D eigenvalue weighted by Gasteiger charge is -2.48. The van der Waals surface area contributed by atoms with Crippen molar-refractivity contribution < 1.29 is 9.13 Å². The van der Waals surface area contributed by atoms with E-state index in [0.717, 1.165) is 32.8 Å². The predicted molar refractivity (Wildman–Crippen MR) is 104 cm³/mol. The van der Waals surface area contributed by atoms with Gasteiger partial charge in [-0.2, -0.15) is 0 Å². The van der Waals surface area contributed by atoms with Gasteiger partial charge >= 0.3 is 0 Å². The normalized spacial score (nSPS) is 20.9. The Balaban J connectivity index is 1.60. The summed E-state index contributed by atoms with van der Waals surface area (Å²) >= 11 is 11.3. The highest BCUT2D eigenvalue weighted by Crippen LogP contribution is 2.34. The minimum Gasteiger partial charge on any atom is -0.379 e. The van der Waals surface area contributed by atoms with Crippen LogP contribution in [0, 0.1) is 5.82 Å². The van der Waals surface area contributed by atoms with E-state index in [1.54, 1.807) is 12.1 Å². The summed E-state index contributed by atoms with van der Waals surface area (Å²) in [6, 6.07) is 4.51. The zero-order valence-electron chi connectivity index (χ0n) is 14.3. The molecule has 1 saturated heterocycles. The molecule has 0 aromatic heterocycles. The van der Waals surface area contributed by atoms with Gasteiger partial charge in [-0.3, -0.25) is 4.90 Å². The van der Waals surface area contributed by atoms with Crippen molar-refractivity contribution in [2.75, 3.05) is 38.2 Å². The van der Waals surface area contributed by atoms with E-state index in [1.807, 2.05) is 0 Å². The molecule has 1 aromatic rings. The van der Waals surface area contributed by atoms with Gasteiger partial charge in [0.15, 0.2) is 5.11 Å². The number of hydrogen-bond acceptors (Lipinski definition) is 3. The number of nitrogens with one attached hydrogen (secondary N) is 2. The second-order valence-electron chi connectivity index (χ2n) is 6.82. The molecule has 1 aliphatic heterocycles. The first kappa shape index (κ1) is 18.8. The molecular weight excluding hydrogens is 361 g/mol. The molecule has 0 spiro atoms. The Morgan fingerprint density at radius 3 is 2.64 bits per heavy atom. The Morgan fingerprint density at radius 1 is 1.24 bits per heavy atom. The maximum atomic E-state index is 13.3. The highest BCUT2D eigenvalue weighted by atomic mass is 35.5. The first-order chi connectivity index (χ1) is 12.1. The molecule has 2 fully saturated rings. The summed E-state index contributed by atoms with van der Waals surface area (Å²) in [6.45, 7) is 4.38. The Labute approximate surface area is 159 Å².